The summed E-state index contributed by atoms with van der Waals surface area (Å²) in [6, 6.07) is 0. The van der Waals surface area contributed by atoms with E-state index in [1.807, 2.05) is 0 Å². The van der Waals surface area contributed by atoms with Gasteiger partial charge in [-0.25, -0.2) is 22.0 Å². The minimum Gasteiger partial charge on any atom is -0.241 e. The Balaban J connectivity index is 3.73. The Morgan fingerprint density at radius 1 is 1.20 bits per heavy atom. The average molecular weight is 161 g/mol. The predicted octanol–water partition coefficient (Wildman–Crippen LogP) is 2.45. The lowest BCUT2D eigenvalue weighted by atomic mass is 10.2. The predicted molar refractivity (Wildman–Crippen MR) is 25.8 cm³/mol. The molecule has 0 nitrogen and oxygen atoms in total. The standard InChI is InChI=1S/C5H6F5/c1-5(9,10)3(6)2-4(7)8/h3-4H,1-2H2. The van der Waals surface area contributed by atoms with Crippen molar-refractivity contribution in [2.45, 2.75) is 24.9 Å². The monoisotopic (exact) mass is 161 g/mol. The van der Waals surface area contributed by atoms with E-state index in [9.17, 15) is 22.0 Å². The number of rotatable bonds is 3. The van der Waals surface area contributed by atoms with E-state index in [-0.39, 0.29) is 0 Å². The molecule has 0 N–H and O–H groups in total. The van der Waals surface area contributed by atoms with E-state index in [0.717, 1.165) is 0 Å². The second kappa shape index (κ2) is 3.16. The summed E-state index contributed by atoms with van der Waals surface area (Å²) < 4.78 is 57.6. The number of hydrogen-bond donors (Lipinski definition) is 0. The van der Waals surface area contributed by atoms with Crippen LogP contribution in [0.5, 0.6) is 0 Å². The molecule has 0 heterocycles. The second-order valence-corrected chi connectivity index (χ2v) is 1.86. The van der Waals surface area contributed by atoms with Gasteiger partial charge in [-0.2, -0.15) is 0 Å². The average Bonchev–Trinajstić information content (AvgIpc) is 1.60. The first-order chi connectivity index (χ1) is 4.34. The zero-order valence-corrected chi connectivity index (χ0v) is 4.96. The summed E-state index contributed by atoms with van der Waals surface area (Å²) in [5.41, 5.74) is 0. The van der Waals surface area contributed by atoms with Gasteiger partial charge in [-0.3, -0.25) is 0 Å². The molecule has 0 fully saturated rings. The normalized spacial score (nSPS) is 15.9. The maximum absolute atomic E-state index is 11.9. The van der Waals surface area contributed by atoms with Crippen LogP contribution in [0.4, 0.5) is 22.0 Å². The van der Waals surface area contributed by atoms with E-state index in [1.165, 1.54) is 0 Å². The Labute approximate surface area is 55.0 Å². The van der Waals surface area contributed by atoms with Crippen LogP contribution in [0.3, 0.4) is 0 Å². The lowest BCUT2D eigenvalue weighted by Gasteiger charge is -2.14. The van der Waals surface area contributed by atoms with Crippen LogP contribution in [0.15, 0.2) is 0 Å². The molecule has 0 bridgehead atoms. The van der Waals surface area contributed by atoms with Gasteiger partial charge in [0.1, 0.15) is 0 Å². The highest BCUT2D eigenvalue weighted by atomic mass is 19.3. The van der Waals surface area contributed by atoms with Gasteiger partial charge in [-0.1, -0.05) is 0 Å². The molecule has 0 rings (SSSR count). The highest BCUT2D eigenvalue weighted by molar-refractivity contribution is 4.79. The molecule has 0 aliphatic heterocycles. The molecule has 1 atom stereocenters. The van der Waals surface area contributed by atoms with E-state index in [2.05, 4.69) is 6.92 Å². The fourth-order valence-electron chi connectivity index (χ4n) is 0.329. The van der Waals surface area contributed by atoms with Crippen molar-refractivity contribution in [3.63, 3.8) is 0 Å². The van der Waals surface area contributed by atoms with Crippen molar-refractivity contribution in [3.8, 4) is 0 Å². The fourth-order valence-corrected chi connectivity index (χ4v) is 0.329. The smallest absolute Gasteiger partial charge is 0.241 e. The van der Waals surface area contributed by atoms with Crippen LogP contribution in [0.25, 0.3) is 0 Å². The molecule has 10 heavy (non-hydrogen) atoms. The van der Waals surface area contributed by atoms with Crippen molar-refractivity contribution in [1.29, 1.82) is 0 Å². The maximum atomic E-state index is 11.9. The van der Waals surface area contributed by atoms with Crippen LogP contribution >= 0.6 is 0 Å². The largest absolute Gasteiger partial charge is 0.279 e. The molecule has 1 radical (unpaired) electrons. The molecular weight excluding hydrogens is 155 g/mol. The molecule has 0 aliphatic carbocycles. The molecule has 0 saturated carbocycles. The number of alkyl halides is 5. The van der Waals surface area contributed by atoms with Gasteiger partial charge in [0.15, 0.2) is 6.17 Å². The van der Waals surface area contributed by atoms with Crippen molar-refractivity contribution in [2.75, 3.05) is 0 Å². The van der Waals surface area contributed by atoms with Crippen LogP contribution in [0.2, 0.25) is 0 Å². The van der Waals surface area contributed by atoms with E-state index in [4.69, 9.17) is 0 Å². The zero-order valence-electron chi connectivity index (χ0n) is 4.96. The Hall–Kier alpha value is -0.350. The fraction of sp³-hybridized carbons (Fsp3) is 0.800. The number of halogens is 5. The third kappa shape index (κ3) is 3.63. The molecular formula is C5H6F5. The van der Waals surface area contributed by atoms with Crippen molar-refractivity contribution >= 4 is 0 Å². The zero-order chi connectivity index (χ0) is 8.36. The van der Waals surface area contributed by atoms with Crippen molar-refractivity contribution in [2.24, 2.45) is 0 Å². The molecule has 61 valence electrons. The first kappa shape index (κ1) is 9.65. The van der Waals surface area contributed by atoms with Gasteiger partial charge in [0, 0.05) is 13.3 Å². The van der Waals surface area contributed by atoms with E-state index in [0.29, 0.717) is 0 Å². The van der Waals surface area contributed by atoms with Crippen LogP contribution in [0, 0.1) is 6.92 Å². The van der Waals surface area contributed by atoms with Crippen molar-refractivity contribution in [1.82, 2.24) is 0 Å². The summed E-state index contributed by atoms with van der Waals surface area (Å²) in [5, 5.41) is 0. The van der Waals surface area contributed by atoms with Gasteiger partial charge in [0.2, 0.25) is 6.43 Å². The molecule has 0 amide bonds. The molecule has 5 heteroatoms. The Morgan fingerprint density at radius 3 is 1.70 bits per heavy atom. The van der Waals surface area contributed by atoms with Crippen LogP contribution in [-0.4, -0.2) is 18.5 Å². The summed E-state index contributed by atoms with van der Waals surface area (Å²) in [6.45, 7) is 2.08. The summed E-state index contributed by atoms with van der Waals surface area (Å²) >= 11 is 0. The molecule has 0 saturated heterocycles. The highest BCUT2D eigenvalue weighted by Crippen LogP contribution is 2.24. The lowest BCUT2D eigenvalue weighted by Crippen LogP contribution is -2.28. The van der Waals surface area contributed by atoms with E-state index >= 15 is 0 Å². The van der Waals surface area contributed by atoms with Crippen molar-refractivity contribution < 1.29 is 22.0 Å². The third-order valence-electron chi connectivity index (χ3n) is 0.843. The topological polar surface area (TPSA) is 0 Å². The first-order valence-electron chi connectivity index (χ1n) is 2.49. The SMILES string of the molecule is [CH2]C(F)(F)C(F)CC(F)F. The van der Waals surface area contributed by atoms with Gasteiger partial charge in [-0.05, 0) is 0 Å². The van der Waals surface area contributed by atoms with Crippen LogP contribution < -0.4 is 0 Å². The summed E-state index contributed by atoms with van der Waals surface area (Å²) in [7, 11) is 0. The molecule has 0 aromatic heterocycles. The highest BCUT2D eigenvalue weighted by Gasteiger charge is 2.36. The summed E-state index contributed by atoms with van der Waals surface area (Å²) in [6.07, 6.45) is -7.37. The summed E-state index contributed by atoms with van der Waals surface area (Å²) in [5.74, 6) is -3.91. The molecule has 0 aliphatic rings. The van der Waals surface area contributed by atoms with Gasteiger partial charge in [0.25, 0.3) is 5.92 Å². The molecule has 0 aromatic rings. The molecule has 0 spiro atoms. The first-order valence-corrected chi connectivity index (χ1v) is 2.49. The summed E-state index contributed by atoms with van der Waals surface area (Å²) in [4.78, 5) is 0. The molecule has 1 unspecified atom stereocenters. The lowest BCUT2D eigenvalue weighted by molar-refractivity contribution is -0.0542. The van der Waals surface area contributed by atoms with Gasteiger partial charge >= 0.3 is 0 Å². The van der Waals surface area contributed by atoms with Crippen LogP contribution in [-0.2, 0) is 0 Å². The van der Waals surface area contributed by atoms with Crippen molar-refractivity contribution in [3.05, 3.63) is 6.92 Å². The molecule has 0 aromatic carbocycles. The van der Waals surface area contributed by atoms with Gasteiger partial charge in [-0.15, -0.1) is 0 Å². The minimum atomic E-state index is -3.91. The number of hydrogen-bond acceptors (Lipinski definition) is 0. The van der Waals surface area contributed by atoms with E-state index in [1.54, 1.807) is 0 Å². The van der Waals surface area contributed by atoms with Gasteiger partial charge < -0.3 is 0 Å². The Morgan fingerprint density at radius 2 is 1.60 bits per heavy atom. The van der Waals surface area contributed by atoms with E-state index < -0.39 is 24.9 Å². The Kier molecular flexibility index (Phi) is 3.05. The van der Waals surface area contributed by atoms with Gasteiger partial charge in [0.05, 0.1) is 0 Å². The maximum Gasteiger partial charge on any atom is 0.279 e. The third-order valence-corrected chi connectivity index (χ3v) is 0.843. The quantitative estimate of drug-likeness (QED) is 0.557. The minimum absolute atomic E-state index is 1.46. The van der Waals surface area contributed by atoms with Crippen LogP contribution in [0.1, 0.15) is 6.42 Å². The Bertz CT molecular complexity index is 94.7. The second-order valence-electron chi connectivity index (χ2n) is 1.86.